The number of nitrogen functional groups attached to an aromatic ring is 1. The highest BCUT2D eigenvalue weighted by Gasteiger charge is 2.53. The van der Waals surface area contributed by atoms with Gasteiger partial charge >= 0.3 is 5.97 Å². The van der Waals surface area contributed by atoms with E-state index in [1.165, 1.54) is 17.1 Å². The van der Waals surface area contributed by atoms with Crippen LogP contribution in [0.4, 0.5) is 5.13 Å². The highest BCUT2D eigenvalue weighted by molar-refractivity contribution is 8.00. The fraction of sp³-hybridized carbons (Fsp3) is 0.440. The van der Waals surface area contributed by atoms with Crippen LogP contribution in [0.25, 0.3) is 0 Å². The first kappa shape index (κ1) is 27.9. The third kappa shape index (κ3) is 5.11. The smallest absolute Gasteiger partial charge is 0.350 e. The summed E-state index contributed by atoms with van der Waals surface area (Å²) in [7, 11) is 2.10. The molecule has 2 atom stereocenters. The Balaban J connectivity index is 1.32. The molecule has 0 aromatic carbocycles. The average molecular weight is 589 g/mol. The first-order valence-electron chi connectivity index (χ1n) is 12.6. The van der Waals surface area contributed by atoms with Gasteiger partial charge in [-0.1, -0.05) is 11.2 Å². The lowest BCUT2D eigenvalue weighted by Crippen LogP contribution is -2.71. The number of hydrogen-bond donors (Lipinski definition) is 3. The number of carboxylic acids is 2. The Hall–Kier alpha value is -3.69. The number of likely N-dealkylation sites (N-methyl/N-ethyl adjacent to an activating group) is 1. The molecule has 1 saturated heterocycles. The van der Waals surface area contributed by atoms with E-state index in [9.17, 15) is 29.4 Å². The number of hydrogen-bond acceptors (Lipinski definition) is 11. The molecule has 1 aliphatic carbocycles. The number of anilines is 1. The number of β-lactam (4-membered cyclic amide) rings is 1. The molecule has 1 unspecified atom stereocenters. The Kier molecular flexibility index (Phi) is 7.46. The van der Waals surface area contributed by atoms with Gasteiger partial charge in [0.05, 0.1) is 38.3 Å². The number of amides is 2. The van der Waals surface area contributed by atoms with E-state index in [4.69, 9.17) is 10.6 Å². The van der Waals surface area contributed by atoms with Crippen LogP contribution < -0.4 is 16.2 Å². The zero-order valence-corrected chi connectivity index (χ0v) is 23.2. The maximum atomic E-state index is 13.3. The van der Waals surface area contributed by atoms with Gasteiger partial charge in [0.25, 0.3) is 11.8 Å². The first-order valence-corrected chi connectivity index (χ1v) is 14.5. The summed E-state index contributed by atoms with van der Waals surface area (Å²) in [5, 5.41) is 29.0. The molecule has 15 heteroatoms. The Morgan fingerprint density at radius 2 is 2.10 bits per heavy atom. The van der Waals surface area contributed by atoms with E-state index in [1.54, 1.807) is 6.08 Å². The molecule has 3 aliphatic heterocycles. The van der Waals surface area contributed by atoms with Gasteiger partial charge < -0.3 is 35.4 Å². The number of fused-ring (bicyclic) bond motifs is 1. The number of rotatable bonds is 10. The zero-order chi connectivity index (χ0) is 28.7. The number of aromatic nitrogens is 1. The minimum atomic E-state index is -1.53. The number of thioether (sulfide) groups is 1. The molecular weight excluding hydrogens is 560 g/mol. The second-order valence-electron chi connectivity index (χ2n) is 10.3. The zero-order valence-electron chi connectivity index (χ0n) is 21.6. The molecule has 5 rings (SSSR count). The number of nitrogens with one attached hydrogen (secondary N) is 1. The summed E-state index contributed by atoms with van der Waals surface area (Å²) in [6, 6.07) is -1.05. The molecule has 4 aliphatic rings. The van der Waals surface area contributed by atoms with Crippen LogP contribution in [0.1, 0.15) is 25.0 Å². The maximum Gasteiger partial charge on any atom is 0.350 e. The number of thiazole rings is 1. The van der Waals surface area contributed by atoms with Gasteiger partial charge in [-0.3, -0.25) is 14.5 Å². The third-order valence-corrected chi connectivity index (χ3v) is 9.42. The van der Waals surface area contributed by atoms with Crippen LogP contribution in [0.15, 0.2) is 46.1 Å². The van der Waals surface area contributed by atoms with Gasteiger partial charge in [-0.25, -0.2) is 9.78 Å². The number of quaternary nitrogens is 1. The second kappa shape index (κ2) is 10.7. The molecule has 2 amide bonds. The van der Waals surface area contributed by atoms with E-state index in [0.29, 0.717) is 24.3 Å². The molecule has 0 spiro atoms. The molecule has 2 fully saturated rings. The molecular formula is C25H28N6O7S2. The topological polar surface area (TPSA) is 187 Å². The molecule has 0 bridgehead atoms. The summed E-state index contributed by atoms with van der Waals surface area (Å²) in [5.41, 5.74) is 4.16. The Bertz CT molecular complexity index is 1370. The molecule has 1 saturated carbocycles. The van der Waals surface area contributed by atoms with Crippen molar-refractivity contribution in [3.05, 3.63) is 46.6 Å². The highest BCUT2D eigenvalue weighted by Crippen LogP contribution is 2.40. The molecule has 1 aromatic heterocycles. The van der Waals surface area contributed by atoms with E-state index < -0.39 is 40.8 Å². The molecule has 0 radical (unpaired) electrons. The molecule has 212 valence electrons. The van der Waals surface area contributed by atoms with Gasteiger partial charge in [0, 0.05) is 24.0 Å². The van der Waals surface area contributed by atoms with Crippen molar-refractivity contribution in [3.8, 4) is 0 Å². The van der Waals surface area contributed by atoms with Crippen molar-refractivity contribution >= 4 is 57.7 Å². The van der Waals surface area contributed by atoms with Crippen LogP contribution in [-0.4, -0.2) is 98.4 Å². The summed E-state index contributed by atoms with van der Waals surface area (Å²) < 4.78 is 0.781. The predicted molar refractivity (Wildman–Crippen MR) is 144 cm³/mol. The monoisotopic (exact) mass is 588 g/mol. The molecule has 1 aromatic rings. The number of nitrogens with zero attached hydrogens (tertiary/aromatic N) is 4. The van der Waals surface area contributed by atoms with Gasteiger partial charge in [-0.15, -0.1) is 23.1 Å². The van der Waals surface area contributed by atoms with Crippen LogP contribution >= 0.6 is 23.1 Å². The Morgan fingerprint density at radius 3 is 2.67 bits per heavy atom. The van der Waals surface area contributed by atoms with Crippen LogP contribution in [0.5, 0.6) is 0 Å². The third-order valence-electron chi connectivity index (χ3n) is 7.44. The number of carbonyl (C=O) groups is 4. The second-order valence-corrected chi connectivity index (χ2v) is 12.3. The number of carbonyl (C=O) groups excluding carboxylic acids is 3. The van der Waals surface area contributed by atoms with Gasteiger partial charge in [0.2, 0.25) is 5.60 Å². The Morgan fingerprint density at radius 1 is 1.38 bits per heavy atom. The summed E-state index contributed by atoms with van der Waals surface area (Å²) in [6.07, 6.45) is 8.96. The normalized spacial score (nSPS) is 24.9. The van der Waals surface area contributed by atoms with Crippen LogP contribution in [0, 0.1) is 0 Å². The number of oxime groups is 1. The molecule has 40 heavy (non-hydrogen) atoms. The molecule has 4 heterocycles. The minimum Gasteiger partial charge on any atom is -0.543 e. The van der Waals surface area contributed by atoms with Crippen molar-refractivity contribution in [1.82, 2.24) is 15.2 Å². The van der Waals surface area contributed by atoms with Crippen molar-refractivity contribution in [2.45, 2.75) is 36.3 Å². The predicted octanol–water partition coefficient (Wildman–Crippen LogP) is -0.570. The highest BCUT2D eigenvalue weighted by atomic mass is 32.2. The number of allylic oxidation sites excluding steroid dienone is 1. The SMILES string of the molecule is C[N+]1(CC=CC2=C(C(=O)[O-])N3C(=O)C(NC(=O)/C(=N\OC4(C(=O)O)CCC4)c4csc(N)n4)[C@H]3SC2)CC=CC1. The van der Waals surface area contributed by atoms with E-state index >= 15 is 0 Å². The maximum absolute atomic E-state index is 13.3. The summed E-state index contributed by atoms with van der Waals surface area (Å²) in [6.45, 7) is 2.48. The van der Waals surface area contributed by atoms with Crippen LogP contribution in [-0.2, 0) is 24.0 Å². The van der Waals surface area contributed by atoms with E-state index in [2.05, 4.69) is 34.7 Å². The quantitative estimate of drug-likeness (QED) is 0.105. The standard InChI is InChI=1S/C25H28N6O7S2/c1-31(9-2-3-10-31)11-4-6-14-12-39-21-17(20(33)30(21)18(14)22(34)35)28-19(32)16(15-13-40-24(26)27-15)29-38-25(23(36)37)7-5-8-25/h2-4,6,13,17,21H,5,7-12H2,1H3,(H4-,26,27,28,32,34,35,36,37)/b6-4?,29-16-/t17?,21-/m1/s1. The van der Waals surface area contributed by atoms with E-state index in [-0.39, 0.29) is 35.1 Å². The minimum absolute atomic E-state index is 0.0621. The molecule has 13 nitrogen and oxygen atoms in total. The van der Waals surface area contributed by atoms with Crippen molar-refractivity contribution in [3.63, 3.8) is 0 Å². The van der Waals surface area contributed by atoms with Crippen molar-refractivity contribution in [2.24, 2.45) is 5.16 Å². The summed E-state index contributed by atoms with van der Waals surface area (Å²) >= 11 is 2.36. The van der Waals surface area contributed by atoms with Crippen LogP contribution in [0.3, 0.4) is 0 Å². The lowest BCUT2D eigenvalue weighted by molar-refractivity contribution is -0.887. The number of carboxylic acid groups (broad SMARTS) is 2. The van der Waals surface area contributed by atoms with E-state index in [1.807, 2.05) is 6.08 Å². The molecule has 4 N–H and O–H groups in total. The lowest BCUT2D eigenvalue weighted by Gasteiger charge is -2.50. The van der Waals surface area contributed by atoms with Crippen LogP contribution in [0.2, 0.25) is 0 Å². The van der Waals surface area contributed by atoms with E-state index in [0.717, 1.165) is 33.8 Å². The van der Waals surface area contributed by atoms with Crippen molar-refractivity contribution in [2.75, 3.05) is 38.2 Å². The average Bonchev–Trinajstić information content (AvgIpc) is 3.51. The largest absolute Gasteiger partial charge is 0.543 e. The van der Waals surface area contributed by atoms with Gasteiger partial charge in [-0.05, 0) is 30.2 Å². The van der Waals surface area contributed by atoms with Gasteiger partial charge in [0.1, 0.15) is 17.1 Å². The van der Waals surface area contributed by atoms with Gasteiger partial charge in [0.15, 0.2) is 10.8 Å². The van der Waals surface area contributed by atoms with Gasteiger partial charge in [-0.2, -0.15) is 0 Å². The Labute approximate surface area is 237 Å². The lowest BCUT2D eigenvalue weighted by atomic mass is 9.80. The summed E-state index contributed by atoms with van der Waals surface area (Å²) in [4.78, 5) is 60.6. The number of aliphatic carboxylic acids is 2. The van der Waals surface area contributed by atoms with Crippen molar-refractivity contribution < 1.29 is 38.7 Å². The van der Waals surface area contributed by atoms with Crippen molar-refractivity contribution in [1.29, 1.82) is 0 Å². The first-order chi connectivity index (χ1) is 19.0. The number of nitrogens with two attached hydrogens (primary N) is 1. The fourth-order valence-corrected chi connectivity index (χ4v) is 6.74. The summed E-state index contributed by atoms with van der Waals surface area (Å²) in [5.74, 6) is -3.81. The fourth-order valence-electron chi connectivity index (χ4n) is 4.88.